The standard InChI is InChI=1S/C19H19N3O4/c1-4-26-19(25)17-15(9-6-10-16(17)23)22-21-14-8-5-7-13(11-14)20-18(24)12(2)3/h5-11,23H,2,4H2,1,3H3,(H,20,24). The first kappa shape index (κ1) is 18.9. The van der Waals surface area contributed by atoms with Crippen LogP contribution in [0.25, 0.3) is 0 Å². The molecule has 134 valence electrons. The summed E-state index contributed by atoms with van der Waals surface area (Å²) >= 11 is 0. The molecule has 2 aromatic carbocycles. The molecule has 1 amide bonds. The molecule has 0 fully saturated rings. The van der Waals surface area contributed by atoms with E-state index in [1.807, 2.05) is 0 Å². The van der Waals surface area contributed by atoms with Crippen LogP contribution in [-0.4, -0.2) is 23.6 Å². The van der Waals surface area contributed by atoms with Crippen molar-refractivity contribution in [1.82, 2.24) is 0 Å². The third-order valence-corrected chi connectivity index (χ3v) is 3.26. The molecule has 0 saturated carbocycles. The molecule has 0 aliphatic carbocycles. The quantitative estimate of drug-likeness (QED) is 0.453. The van der Waals surface area contributed by atoms with E-state index < -0.39 is 5.97 Å². The second-order valence-corrected chi connectivity index (χ2v) is 5.38. The third kappa shape index (κ3) is 4.76. The number of azo groups is 1. The van der Waals surface area contributed by atoms with Gasteiger partial charge in [-0.1, -0.05) is 18.7 Å². The van der Waals surface area contributed by atoms with Crippen molar-refractivity contribution >= 4 is 28.9 Å². The van der Waals surface area contributed by atoms with E-state index in [2.05, 4.69) is 22.1 Å². The van der Waals surface area contributed by atoms with Gasteiger partial charge in [-0.3, -0.25) is 4.79 Å². The fourth-order valence-electron chi connectivity index (χ4n) is 2.02. The van der Waals surface area contributed by atoms with Gasteiger partial charge in [-0.2, -0.15) is 5.11 Å². The lowest BCUT2D eigenvalue weighted by molar-refractivity contribution is -0.112. The third-order valence-electron chi connectivity index (χ3n) is 3.26. The molecule has 0 unspecified atom stereocenters. The van der Waals surface area contributed by atoms with Gasteiger partial charge >= 0.3 is 5.97 Å². The molecule has 2 rings (SSSR count). The number of amides is 1. The van der Waals surface area contributed by atoms with Crippen molar-refractivity contribution < 1.29 is 19.4 Å². The minimum Gasteiger partial charge on any atom is -0.507 e. The molecule has 0 saturated heterocycles. The van der Waals surface area contributed by atoms with Crippen molar-refractivity contribution in [2.45, 2.75) is 13.8 Å². The molecule has 0 bridgehead atoms. The van der Waals surface area contributed by atoms with Crippen LogP contribution in [0.5, 0.6) is 5.75 Å². The van der Waals surface area contributed by atoms with E-state index >= 15 is 0 Å². The Labute approximate surface area is 151 Å². The molecule has 0 aromatic heterocycles. The first-order chi connectivity index (χ1) is 12.4. The number of anilines is 1. The molecular weight excluding hydrogens is 334 g/mol. The van der Waals surface area contributed by atoms with Crippen LogP contribution in [0.3, 0.4) is 0 Å². The fourth-order valence-corrected chi connectivity index (χ4v) is 2.02. The van der Waals surface area contributed by atoms with Crippen molar-refractivity contribution in [3.05, 3.63) is 60.2 Å². The minimum absolute atomic E-state index is 0.0511. The first-order valence-electron chi connectivity index (χ1n) is 7.90. The molecule has 0 spiro atoms. The number of carbonyl (C=O) groups excluding carboxylic acids is 2. The van der Waals surface area contributed by atoms with Crippen LogP contribution in [0.2, 0.25) is 0 Å². The van der Waals surface area contributed by atoms with E-state index in [9.17, 15) is 14.7 Å². The normalized spacial score (nSPS) is 10.5. The van der Waals surface area contributed by atoms with Crippen molar-refractivity contribution in [3.63, 3.8) is 0 Å². The zero-order chi connectivity index (χ0) is 19.1. The SMILES string of the molecule is C=C(C)C(=O)Nc1cccc(N=Nc2cccc(O)c2C(=O)OCC)c1. The Hall–Kier alpha value is -3.48. The minimum atomic E-state index is -0.679. The molecule has 0 aliphatic rings. The van der Waals surface area contributed by atoms with E-state index in [0.717, 1.165) is 0 Å². The summed E-state index contributed by atoms with van der Waals surface area (Å²) in [7, 11) is 0. The van der Waals surface area contributed by atoms with Crippen LogP contribution in [0.1, 0.15) is 24.2 Å². The maximum absolute atomic E-state index is 12.0. The molecule has 0 radical (unpaired) electrons. The summed E-state index contributed by atoms with van der Waals surface area (Å²) < 4.78 is 4.93. The Kier molecular flexibility index (Phi) is 6.21. The highest BCUT2D eigenvalue weighted by molar-refractivity contribution is 6.03. The van der Waals surface area contributed by atoms with Gasteiger partial charge in [-0.25, -0.2) is 4.79 Å². The number of benzene rings is 2. The lowest BCUT2D eigenvalue weighted by Gasteiger charge is -2.07. The smallest absolute Gasteiger partial charge is 0.344 e. The molecule has 0 aliphatic heterocycles. The highest BCUT2D eigenvalue weighted by Gasteiger charge is 2.17. The van der Waals surface area contributed by atoms with Gasteiger partial charge in [0.25, 0.3) is 5.91 Å². The fraction of sp³-hybridized carbons (Fsp3) is 0.158. The average molecular weight is 353 g/mol. The van der Waals surface area contributed by atoms with Gasteiger partial charge in [0, 0.05) is 11.3 Å². The number of hydrogen-bond donors (Lipinski definition) is 2. The maximum atomic E-state index is 12.0. The topological polar surface area (TPSA) is 100 Å². The summed E-state index contributed by atoms with van der Waals surface area (Å²) in [5.41, 5.74) is 1.51. The van der Waals surface area contributed by atoms with Crippen LogP contribution in [0.4, 0.5) is 17.1 Å². The summed E-state index contributed by atoms with van der Waals surface area (Å²) in [4.78, 5) is 23.7. The predicted octanol–water partition coefficient (Wildman–Crippen LogP) is 4.50. The Morgan fingerprint density at radius 2 is 1.92 bits per heavy atom. The molecule has 0 atom stereocenters. The number of carbonyl (C=O) groups is 2. The molecule has 26 heavy (non-hydrogen) atoms. The van der Waals surface area contributed by atoms with Crippen LogP contribution >= 0.6 is 0 Å². The molecule has 7 heteroatoms. The van der Waals surface area contributed by atoms with Crippen molar-refractivity contribution in [1.29, 1.82) is 0 Å². The molecule has 0 heterocycles. The van der Waals surface area contributed by atoms with Gasteiger partial charge < -0.3 is 15.2 Å². The van der Waals surface area contributed by atoms with Gasteiger partial charge in [0.1, 0.15) is 17.0 Å². The van der Waals surface area contributed by atoms with E-state index in [-0.39, 0.29) is 29.5 Å². The van der Waals surface area contributed by atoms with Crippen molar-refractivity contribution in [3.8, 4) is 5.75 Å². The lowest BCUT2D eigenvalue weighted by atomic mass is 10.1. The number of nitrogens with zero attached hydrogens (tertiary/aromatic N) is 2. The maximum Gasteiger partial charge on any atom is 0.344 e. The number of aromatic hydroxyl groups is 1. The number of rotatable bonds is 6. The summed E-state index contributed by atoms with van der Waals surface area (Å²) in [6.07, 6.45) is 0. The van der Waals surface area contributed by atoms with Crippen LogP contribution in [-0.2, 0) is 9.53 Å². The Bertz CT molecular complexity index is 875. The summed E-state index contributed by atoms with van der Waals surface area (Å²) in [6.45, 7) is 7.03. The predicted molar refractivity (Wildman–Crippen MR) is 98.1 cm³/mol. The number of phenolic OH excluding ortho intramolecular Hbond substituents is 1. The number of ether oxygens (including phenoxy) is 1. The van der Waals surface area contributed by atoms with E-state index in [1.165, 1.54) is 6.07 Å². The summed E-state index contributed by atoms with van der Waals surface area (Å²) in [5, 5.41) is 20.7. The van der Waals surface area contributed by atoms with E-state index in [4.69, 9.17) is 4.74 Å². The zero-order valence-corrected chi connectivity index (χ0v) is 14.5. The first-order valence-corrected chi connectivity index (χ1v) is 7.90. The van der Waals surface area contributed by atoms with Crippen LogP contribution in [0, 0.1) is 0 Å². The number of hydrogen-bond acceptors (Lipinski definition) is 6. The number of esters is 1. The highest BCUT2D eigenvalue weighted by Crippen LogP contribution is 2.30. The highest BCUT2D eigenvalue weighted by atomic mass is 16.5. The van der Waals surface area contributed by atoms with E-state index in [0.29, 0.717) is 16.9 Å². The van der Waals surface area contributed by atoms with Gasteiger partial charge in [0.05, 0.1) is 12.3 Å². The number of nitrogens with one attached hydrogen (secondary N) is 1. The Balaban J connectivity index is 2.28. The number of phenols is 1. The lowest BCUT2D eigenvalue weighted by Crippen LogP contribution is -2.11. The monoisotopic (exact) mass is 353 g/mol. The summed E-state index contributed by atoms with van der Waals surface area (Å²) in [5.74, 6) is -1.21. The van der Waals surface area contributed by atoms with Crippen LogP contribution in [0.15, 0.2) is 64.8 Å². The molecule has 2 N–H and O–H groups in total. The summed E-state index contributed by atoms with van der Waals surface area (Å²) in [6, 6.07) is 11.2. The van der Waals surface area contributed by atoms with Crippen LogP contribution < -0.4 is 5.32 Å². The van der Waals surface area contributed by atoms with Crippen molar-refractivity contribution in [2.24, 2.45) is 10.2 Å². The Morgan fingerprint density at radius 3 is 2.62 bits per heavy atom. The Morgan fingerprint density at radius 1 is 1.19 bits per heavy atom. The molecular formula is C19H19N3O4. The largest absolute Gasteiger partial charge is 0.507 e. The van der Waals surface area contributed by atoms with Gasteiger partial charge in [0.2, 0.25) is 0 Å². The molecule has 7 nitrogen and oxygen atoms in total. The second-order valence-electron chi connectivity index (χ2n) is 5.38. The van der Waals surface area contributed by atoms with Gasteiger partial charge in [-0.05, 0) is 44.2 Å². The van der Waals surface area contributed by atoms with Gasteiger partial charge in [0.15, 0.2) is 0 Å². The zero-order valence-electron chi connectivity index (χ0n) is 14.5. The average Bonchev–Trinajstić information content (AvgIpc) is 2.60. The van der Waals surface area contributed by atoms with E-state index in [1.54, 1.807) is 50.2 Å². The second kappa shape index (κ2) is 8.57. The van der Waals surface area contributed by atoms with Crippen molar-refractivity contribution in [2.75, 3.05) is 11.9 Å². The molecule has 2 aromatic rings. The van der Waals surface area contributed by atoms with Gasteiger partial charge in [-0.15, -0.1) is 5.11 Å².